The van der Waals surface area contributed by atoms with E-state index < -0.39 is 12.1 Å². The Morgan fingerprint density at radius 3 is 2.41 bits per heavy atom. The SMILES string of the molecule is C[C@@H](O)CNC(=O)c1ccc2c(C(=O)C(NC[C@H](C)c3ccc(C#N)cc3)c3ccccc3)cnn2c1. The average Bonchev–Trinajstić information content (AvgIpc) is 3.35. The van der Waals surface area contributed by atoms with E-state index in [0.717, 1.165) is 11.1 Å². The Kier molecular flexibility index (Phi) is 8.08. The molecule has 2 aromatic heterocycles. The monoisotopic (exact) mass is 495 g/mol. The van der Waals surface area contributed by atoms with Crippen molar-refractivity contribution in [2.45, 2.75) is 31.9 Å². The molecule has 8 heteroatoms. The highest BCUT2D eigenvalue weighted by Gasteiger charge is 2.25. The van der Waals surface area contributed by atoms with Gasteiger partial charge in [-0.05, 0) is 48.2 Å². The summed E-state index contributed by atoms with van der Waals surface area (Å²) in [6, 6.07) is 21.9. The number of aliphatic hydroxyl groups excluding tert-OH is 1. The fourth-order valence-electron chi connectivity index (χ4n) is 4.11. The van der Waals surface area contributed by atoms with Crippen LogP contribution in [-0.2, 0) is 0 Å². The number of carbonyl (C=O) groups excluding carboxylic acids is 2. The Morgan fingerprint density at radius 1 is 1.00 bits per heavy atom. The number of hydrogen-bond donors (Lipinski definition) is 3. The number of amides is 1. The molecule has 1 unspecified atom stereocenters. The second-order valence-corrected chi connectivity index (χ2v) is 9.12. The van der Waals surface area contributed by atoms with Crippen LogP contribution in [0.1, 0.15) is 63.2 Å². The summed E-state index contributed by atoms with van der Waals surface area (Å²) in [5.41, 5.74) is 3.95. The molecule has 0 aliphatic heterocycles. The fraction of sp³-hybridized carbons (Fsp3) is 0.241. The molecule has 2 aromatic carbocycles. The lowest BCUT2D eigenvalue weighted by molar-refractivity contribution is 0.0922. The second-order valence-electron chi connectivity index (χ2n) is 9.12. The normalized spacial score (nSPS) is 13.5. The van der Waals surface area contributed by atoms with Crippen molar-refractivity contribution in [3.8, 4) is 6.07 Å². The van der Waals surface area contributed by atoms with E-state index in [4.69, 9.17) is 5.26 Å². The summed E-state index contributed by atoms with van der Waals surface area (Å²) in [4.78, 5) is 26.2. The molecular formula is C29H29N5O3. The first-order chi connectivity index (χ1) is 17.9. The highest BCUT2D eigenvalue weighted by molar-refractivity contribution is 6.06. The quantitative estimate of drug-likeness (QED) is 0.289. The number of hydrogen-bond acceptors (Lipinski definition) is 6. The van der Waals surface area contributed by atoms with Crippen LogP contribution in [0.2, 0.25) is 0 Å². The molecule has 4 aromatic rings. The Hall–Kier alpha value is -4.32. The van der Waals surface area contributed by atoms with Crippen LogP contribution in [0.3, 0.4) is 0 Å². The van der Waals surface area contributed by atoms with Crippen LogP contribution < -0.4 is 10.6 Å². The fourth-order valence-corrected chi connectivity index (χ4v) is 4.11. The van der Waals surface area contributed by atoms with Gasteiger partial charge in [0.1, 0.15) is 0 Å². The predicted molar refractivity (Wildman–Crippen MR) is 140 cm³/mol. The van der Waals surface area contributed by atoms with E-state index in [2.05, 4.69) is 28.7 Å². The third-order valence-corrected chi connectivity index (χ3v) is 6.23. The number of pyridine rings is 1. The van der Waals surface area contributed by atoms with Crippen molar-refractivity contribution in [1.29, 1.82) is 5.26 Å². The number of fused-ring (bicyclic) bond motifs is 1. The first-order valence-corrected chi connectivity index (χ1v) is 12.1. The van der Waals surface area contributed by atoms with Crippen LogP contribution in [0.25, 0.3) is 5.52 Å². The van der Waals surface area contributed by atoms with Crippen LogP contribution in [0.15, 0.2) is 79.1 Å². The maximum atomic E-state index is 13.8. The molecule has 4 rings (SSSR count). The first kappa shape index (κ1) is 25.8. The van der Waals surface area contributed by atoms with Gasteiger partial charge in [-0.15, -0.1) is 0 Å². The summed E-state index contributed by atoms with van der Waals surface area (Å²) in [6.07, 6.45) is 2.45. The number of aromatic nitrogens is 2. The molecule has 0 spiro atoms. The summed E-state index contributed by atoms with van der Waals surface area (Å²) in [5.74, 6) is -0.343. The molecule has 0 saturated carbocycles. The molecule has 0 aliphatic rings. The number of nitriles is 1. The minimum absolute atomic E-state index is 0.110. The van der Waals surface area contributed by atoms with Crippen molar-refractivity contribution < 1.29 is 14.7 Å². The Balaban J connectivity index is 1.56. The smallest absolute Gasteiger partial charge is 0.252 e. The lowest BCUT2D eigenvalue weighted by atomic mass is 9.95. The van der Waals surface area contributed by atoms with Crippen LogP contribution in [0, 0.1) is 11.3 Å². The number of ketones is 1. The van der Waals surface area contributed by atoms with Crippen LogP contribution in [0.5, 0.6) is 0 Å². The Labute approximate surface area is 215 Å². The maximum absolute atomic E-state index is 13.8. The zero-order valence-corrected chi connectivity index (χ0v) is 20.8. The average molecular weight is 496 g/mol. The van der Waals surface area contributed by atoms with Gasteiger partial charge in [-0.25, -0.2) is 4.52 Å². The highest BCUT2D eigenvalue weighted by Crippen LogP contribution is 2.24. The van der Waals surface area contributed by atoms with Gasteiger partial charge in [-0.2, -0.15) is 10.4 Å². The molecule has 8 nitrogen and oxygen atoms in total. The van der Waals surface area contributed by atoms with Crippen molar-refractivity contribution in [3.63, 3.8) is 0 Å². The van der Waals surface area contributed by atoms with Gasteiger partial charge < -0.3 is 15.7 Å². The topological polar surface area (TPSA) is 120 Å². The number of benzene rings is 2. The zero-order valence-electron chi connectivity index (χ0n) is 20.8. The predicted octanol–water partition coefficient (Wildman–Crippen LogP) is 3.63. The molecule has 0 fully saturated rings. The van der Waals surface area contributed by atoms with E-state index in [-0.39, 0.29) is 24.2 Å². The van der Waals surface area contributed by atoms with E-state index in [1.54, 1.807) is 37.4 Å². The number of aliphatic hydroxyl groups is 1. The maximum Gasteiger partial charge on any atom is 0.252 e. The molecule has 0 saturated heterocycles. The zero-order chi connectivity index (χ0) is 26.4. The van der Waals surface area contributed by atoms with Crippen molar-refractivity contribution in [3.05, 3.63) is 107 Å². The molecule has 3 N–H and O–H groups in total. The molecule has 37 heavy (non-hydrogen) atoms. The first-order valence-electron chi connectivity index (χ1n) is 12.1. The second kappa shape index (κ2) is 11.6. The number of rotatable bonds is 10. The van der Waals surface area contributed by atoms with Crippen molar-refractivity contribution in [2.24, 2.45) is 0 Å². The summed E-state index contributed by atoms with van der Waals surface area (Å²) in [6.45, 7) is 4.35. The minimum Gasteiger partial charge on any atom is -0.392 e. The van der Waals surface area contributed by atoms with E-state index in [9.17, 15) is 14.7 Å². The lowest BCUT2D eigenvalue weighted by Gasteiger charge is -2.21. The third kappa shape index (κ3) is 6.09. The standard InChI is InChI=1S/C29H29N5O3/c1-19(22-10-8-21(14-30)9-11-22)15-31-27(23-6-4-3-5-7-23)28(36)25-17-33-34-18-24(12-13-26(25)34)29(37)32-16-20(2)35/h3-13,17-20,27,31,35H,15-16H2,1-2H3,(H,32,37)/t19-,20+,27?/m0/s1. The third-order valence-electron chi connectivity index (χ3n) is 6.23. The Morgan fingerprint density at radius 2 is 1.73 bits per heavy atom. The van der Waals surface area contributed by atoms with Gasteiger partial charge in [0.25, 0.3) is 5.91 Å². The van der Waals surface area contributed by atoms with Gasteiger partial charge in [0.15, 0.2) is 5.78 Å². The molecule has 1 amide bonds. The summed E-state index contributed by atoms with van der Waals surface area (Å²) < 4.78 is 1.52. The van der Waals surface area contributed by atoms with Crippen molar-refractivity contribution >= 4 is 17.2 Å². The van der Waals surface area contributed by atoms with E-state index in [1.807, 2.05) is 42.5 Å². The summed E-state index contributed by atoms with van der Waals surface area (Å²) >= 11 is 0. The molecule has 0 bridgehead atoms. The van der Waals surface area contributed by atoms with E-state index in [1.165, 1.54) is 10.7 Å². The molecule has 3 atom stereocenters. The minimum atomic E-state index is -0.649. The largest absolute Gasteiger partial charge is 0.392 e. The molecule has 0 radical (unpaired) electrons. The van der Waals surface area contributed by atoms with Gasteiger partial charge in [0.05, 0.1) is 46.6 Å². The summed E-state index contributed by atoms with van der Waals surface area (Å²) in [7, 11) is 0. The number of Topliss-reactive ketones (excluding diaryl/α,β-unsaturated/α-hetero) is 1. The molecule has 188 valence electrons. The van der Waals surface area contributed by atoms with E-state index in [0.29, 0.717) is 28.8 Å². The van der Waals surface area contributed by atoms with Gasteiger partial charge in [-0.1, -0.05) is 49.4 Å². The summed E-state index contributed by atoms with van der Waals surface area (Å²) in [5, 5.41) is 28.9. The van der Waals surface area contributed by atoms with Gasteiger partial charge >= 0.3 is 0 Å². The number of nitrogens with zero attached hydrogens (tertiary/aromatic N) is 3. The number of nitrogens with one attached hydrogen (secondary N) is 2. The van der Waals surface area contributed by atoms with Crippen molar-refractivity contribution in [1.82, 2.24) is 20.2 Å². The molecule has 2 heterocycles. The van der Waals surface area contributed by atoms with Crippen LogP contribution in [-0.4, -0.2) is 45.6 Å². The molecular weight excluding hydrogens is 466 g/mol. The van der Waals surface area contributed by atoms with Crippen molar-refractivity contribution in [2.75, 3.05) is 13.1 Å². The van der Waals surface area contributed by atoms with Crippen LogP contribution in [0.4, 0.5) is 0 Å². The van der Waals surface area contributed by atoms with Gasteiger partial charge in [0.2, 0.25) is 0 Å². The molecule has 0 aliphatic carbocycles. The number of carbonyl (C=O) groups is 2. The Bertz CT molecular complexity index is 1420. The highest BCUT2D eigenvalue weighted by atomic mass is 16.3. The lowest BCUT2D eigenvalue weighted by Crippen LogP contribution is -2.31. The van der Waals surface area contributed by atoms with Crippen LogP contribution >= 0.6 is 0 Å². The van der Waals surface area contributed by atoms with E-state index >= 15 is 0 Å². The van der Waals surface area contributed by atoms with Gasteiger partial charge in [0, 0.05) is 19.3 Å². The van der Waals surface area contributed by atoms with Gasteiger partial charge in [-0.3, -0.25) is 9.59 Å².